The molecule has 0 fully saturated rings. The number of hydrogen-bond acceptors (Lipinski definition) is 9. The molecule has 1 unspecified atom stereocenters. The van der Waals surface area contributed by atoms with Crippen LogP contribution in [-0.2, 0) is 32.7 Å². The zero-order chi connectivity index (χ0) is 35.6. The van der Waals surface area contributed by atoms with Crippen molar-refractivity contribution in [3.8, 4) is 0 Å². The minimum Gasteiger partial charge on any atom is -0.462 e. The van der Waals surface area contributed by atoms with E-state index in [2.05, 4.69) is 54.8 Å². The van der Waals surface area contributed by atoms with Gasteiger partial charge in [0.25, 0.3) is 0 Å². The molecule has 0 amide bonds. The largest absolute Gasteiger partial charge is 0.472 e. The summed E-state index contributed by atoms with van der Waals surface area (Å²) in [5.41, 5.74) is 0. The van der Waals surface area contributed by atoms with Crippen molar-refractivity contribution in [2.24, 2.45) is 0 Å². The fourth-order valence-corrected chi connectivity index (χ4v) is 5.50. The number of carbonyl (C=O) groups excluding carboxylic acids is 2. The van der Waals surface area contributed by atoms with E-state index < -0.39 is 51.8 Å². The summed E-state index contributed by atoms with van der Waals surface area (Å²) in [4.78, 5) is 34.7. The Bertz CT molecular complexity index is 905. The Balaban J connectivity index is 4.39. The van der Waals surface area contributed by atoms with Crippen LogP contribution in [0.2, 0.25) is 0 Å². The Labute approximate surface area is 291 Å². The average Bonchev–Trinajstić information content (AvgIpc) is 3.07. The highest BCUT2D eigenvalue weighted by atomic mass is 31.2. The van der Waals surface area contributed by atoms with E-state index in [0.29, 0.717) is 12.8 Å². The Morgan fingerprint density at radius 2 is 1.15 bits per heavy atom. The van der Waals surface area contributed by atoms with E-state index in [0.717, 1.165) is 70.6 Å². The summed E-state index contributed by atoms with van der Waals surface area (Å²) in [6.45, 7) is 2.21. The fourth-order valence-electron chi connectivity index (χ4n) is 4.71. The van der Waals surface area contributed by atoms with E-state index in [1.807, 2.05) is 0 Å². The molecule has 0 radical (unpaired) electrons. The molecule has 11 heteroatoms. The van der Waals surface area contributed by atoms with Gasteiger partial charge in [0.1, 0.15) is 12.7 Å². The quantitative estimate of drug-likeness (QED) is 0.0257. The monoisotopic (exact) mass is 702 g/mol. The van der Waals surface area contributed by atoms with E-state index in [9.17, 15) is 24.2 Å². The van der Waals surface area contributed by atoms with E-state index in [1.165, 1.54) is 38.5 Å². The van der Waals surface area contributed by atoms with Crippen LogP contribution < -0.4 is 0 Å². The van der Waals surface area contributed by atoms with Crippen LogP contribution in [0.1, 0.15) is 149 Å². The number of allylic oxidation sites excluding steroid dienone is 6. The summed E-state index contributed by atoms with van der Waals surface area (Å²) in [6, 6.07) is 0. The summed E-state index contributed by atoms with van der Waals surface area (Å²) in [5, 5.41) is 18.2. The number of esters is 2. The summed E-state index contributed by atoms with van der Waals surface area (Å²) in [5.74, 6) is -0.948. The third-order valence-electron chi connectivity index (χ3n) is 7.56. The van der Waals surface area contributed by atoms with Gasteiger partial charge in [0.15, 0.2) is 6.10 Å². The topological polar surface area (TPSA) is 149 Å². The predicted octanol–water partition coefficient (Wildman–Crippen LogP) is 8.83. The molecule has 0 bridgehead atoms. The number of aliphatic hydroxyl groups is 2. The van der Waals surface area contributed by atoms with Crippen molar-refractivity contribution < 1.29 is 47.8 Å². The number of rotatable bonds is 34. The van der Waals surface area contributed by atoms with Gasteiger partial charge in [-0.3, -0.25) is 18.6 Å². The SMILES string of the molecule is CC/C=C/C/C=C/C/C=C/CCCCCCCC(=O)OC[C@@H](COP(=O)(O)OC[C@H](O)CO)OC(=O)CCCCCCCCCCCC. The van der Waals surface area contributed by atoms with Gasteiger partial charge in [-0.1, -0.05) is 127 Å². The van der Waals surface area contributed by atoms with Gasteiger partial charge in [-0.15, -0.1) is 0 Å². The van der Waals surface area contributed by atoms with Crippen LogP contribution in [-0.4, -0.2) is 65.7 Å². The van der Waals surface area contributed by atoms with Crippen molar-refractivity contribution in [2.75, 3.05) is 26.4 Å². The second-order valence-electron chi connectivity index (χ2n) is 12.2. The van der Waals surface area contributed by atoms with Crippen molar-refractivity contribution in [3.05, 3.63) is 36.5 Å². The van der Waals surface area contributed by atoms with Gasteiger partial charge >= 0.3 is 19.8 Å². The lowest BCUT2D eigenvalue weighted by Gasteiger charge is -2.20. The number of carbonyl (C=O) groups is 2. The van der Waals surface area contributed by atoms with Crippen molar-refractivity contribution >= 4 is 19.8 Å². The molecule has 0 aliphatic carbocycles. The van der Waals surface area contributed by atoms with Crippen LogP contribution >= 0.6 is 7.82 Å². The molecule has 48 heavy (non-hydrogen) atoms. The molecule has 10 nitrogen and oxygen atoms in total. The first kappa shape index (κ1) is 46.2. The third kappa shape index (κ3) is 32.7. The highest BCUT2D eigenvalue weighted by Gasteiger charge is 2.27. The average molecular weight is 703 g/mol. The standard InChI is InChI=1S/C37H67O10P/c1-3-5-7-9-11-13-15-16-17-18-19-21-22-24-26-28-36(40)44-32-35(33-46-48(42,43)45-31-34(39)30-38)47-37(41)29-27-25-23-20-14-12-10-8-6-4-2/h5,7,11,13,16-17,34-35,38-39H,3-4,6,8-10,12,14-15,18-33H2,1-2H3,(H,42,43)/b7-5+,13-11+,17-16+/t34-,35+/m1/s1. The van der Waals surface area contributed by atoms with Crippen LogP contribution in [0.4, 0.5) is 0 Å². The minimum atomic E-state index is -4.61. The number of ether oxygens (including phenoxy) is 2. The summed E-state index contributed by atoms with van der Waals surface area (Å²) in [6.07, 6.45) is 31.2. The molecule has 0 aliphatic rings. The van der Waals surface area contributed by atoms with E-state index in [1.54, 1.807) is 0 Å². The highest BCUT2D eigenvalue weighted by molar-refractivity contribution is 7.47. The molecule has 0 aromatic carbocycles. The lowest BCUT2D eigenvalue weighted by molar-refractivity contribution is -0.161. The lowest BCUT2D eigenvalue weighted by Crippen LogP contribution is -2.29. The normalized spacial score (nSPS) is 14.5. The number of unbranched alkanes of at least 4 members (excludes halogenated alkanes) is 14. The van der Waals surface area contributed by atoms with Crippen molar-refractivity contribution in [1.29, 1.82) is 0 Å². The summed E-state index contributed by atoms with van der Waals surface area (Å²) >= 11 is 0. The van der Waals surface area contributed by atoms with Crippen LogP contribution in [0.15, 0.2) is 36.5 Å². The second-order valence-corrected chi connectivity index (χ2v) is 13.7. The van der Waals surface area contributed by atoms with Crippen molar-refractivity contribution in [1.82, 2.24) is 0 Å². The molecule has 0 saturated carbocycles. The predicted molar refractivity (Wildman–Crippen MR) is 191 cm³/mol. The van der Waals surface area contributed by atoms with Gasteiger partial charge in [0, 0.05) is 12.8 Å². The first-order valence-electron chi connectivity index (χ1n) is 18.4. The van der Waals surface area contributed by atoms with E-state index >= 15 is 0 Å². The molecular formula is C37H67O10P. The van der Waals surface area contributed by atoms with Gasteiger partial charge in [-0.2, -0.15) is 0 Å². The highest BCUT2D eigenvalue weighted by Crippen LogP contribution is 2.43. The number of phosphoric ester groups is 1. The first-order valence-corrected chi connectivity index (χ1v) is 19.9. The van der Waals surface area contributed by atoms with E-state index in [4.69, 9.17) is 19.1 Å². The minimum absolute atomic E-state index is 0.181. The maximum Gasteiger partial charge on any atom is 0.472 e. The molecular weight excluding hydrogens is 635 g/mol. The van der Waals surface area contributed by atoms with Crippen molar-refractivity contribution in [3.63, 3.8) is 0 Å². The molecule has 0 rings (SSSR count). The summed E-state index contributed by atoms with van der Waals surface area (Å²) < 4.78 is 32.5. The van der Waals surface area contributed by atoms with Crippen LogP contribution in [0.3, 0.4) is 0 Å². The molecule has 3 atom stereocenters. The second kappa shape index (κ2) is 33.7. The molecule has 0 saturated heterocycles. The zero-order valence-electron chi connectivity index (χ0n) is 29.9. The lowest BCUT2D eigenvalue weighted by atomic mass is 10.1. The number of phosphoric acid groups is 1. The molecule has 0 heterocycles. The Morgan fingerprint density at radius 1 is 0.646 bits per heavy atom. The third-order valence-corrected chi connectivity index (χ3v) is 8.51. The fraction of sp³-hybridized carbons (Fsp3) is 0.784. The van der Waals surface area contributed by atoms with Crippen LogP contribution in [0.25, 0.3) is 0 Å². The Morgan fingerprint density at radius 3 is 1.73 bits per heavy atom. The van der Waals surface area contributed by atoms with Crippen LogP contribution in [0, 0.1) is 0 Å². The number of hydrogen-bond donors (Lipinski definition) is 3. The van der Waals surface area contributed by atoms with Gasteiger partial charge in [0.2, 0.25) is 0 Å². The van der Waals surface area contributed by atoms with Crippen LogP contribution in [0.5, 0.6) is 0 Å². The molecule has 0 aromatic rings. The Kier molecular flexibility index (Phi) is 32.4. The smallest absolute Gasteiger partial charge is 0.462 e. The molecule has 0 spiro atoms. The first-order chi connectivity index (χ1) is 23.2. The van der Waals surface area contributed by atoms with Gasteiger partial charge < -0.3 is 24.6 Å². The Hall–Kier alpha value is -1.81. The van der Waals surface area contributed by atoms with E-state index in [-0.39, 0.29) is 19.4 Å². The van der Waals surface area contributed by atoms with Gasteiger partial charge in [-0.05, 0) is 44.9 Å². The molecule has 280 valence electrons. The number of aliphatic hydroxyl groups excluding tert-OH is 2. The summed E-state index contributed by atoms with van der Waals surface area (Å²) in [7, 11) is -4.61. The maximum atomic E-state index is 12.5. The maximum absolute atomic E-state index is 12.5. The molecule has 0 aromatic heterocycles. The van der Waals surface area contributed by atoms with Gasteiger partial charge in [-0.25, -0.2) is 4.57 Å². The molecule has 0 aliphatic heterocycles. The zero-order valence-corrected chi connectivity index (χ0v) is 30.8. The molecule has 3 N–H and O–H groups in total. The van der Waals surface area contributed by atoms with Gasteiger partial charge in [0.05, 0.1) is 19.8 Å². The van der Waals surface area contributed by atoms with Crippen molar-refractivity contribution in [2.45, 2.75) is 161 Å².